The number of β-lactam (4-membered cyclic amide) rings is 1. The molecule has 42 heavy (non-hydrogen) atoms. The fraction of sp³-hybridized carbons (Fsp3) is 0.364. The predicted molar refractivity (Wildman–Crippen MR) is 166 cm³/mol. The number of amides is 1. The molecule has 1 aliphatic carbocycles. The van der Waals surface area contributed by atoms with Gasteiger partial charge >= 0.3 is 11.9 Å². The molecule has 0 N–H and O–H groups in total. The van der Waals surface area contributed by atoms with Crippen molar-refractivity contribution in [3.63, 3.8) is 0 Å². The Labute approximate surface area is 259 Å². The number of alkyl halides is 1. The SMILES string of the molecule is C=CCOOC(=O)C(C)C1C(=O)N2C(C(=O)OCC=C)=C(COc3cccc4c3-c3ccccc3C4CCI)[C@H](C)C12. The van der Waals surface area contributed by atoms with E-state index in [9.17, 15) is 14.4 Å². The van der Waals surface area contributed by atoms with Gasteiger partial charge < -0.3 is 14.4 Å². The molecule has 1 fully saturated rings. The van der Waals surface area contributed by atoms with Crippen LogP contribution in [-0.4, -0.2) is 53.0 Å². The van der Waals surface area contributed by atoms with E-state index in [2.05, 4.69) is 60.0 Å². The van der Waals surface area contributed by atoms with Crippen LogP contribution in [0.5, 0.6) is 5.75 Å². The number of esters is 1. The van der Waals surface area contributed by atoms with Gasteiger partial charge in [0.2, 0.25) is 5.91 Å². The first-order chi connectivity index (χ1) is 20.3. The number of ether oxygens (including phenoxy) is 2. The maximum atomic E-state index is 13.4. The molecule has 2 aromatic carbocycles. The van der Waals surface area contributed by atoms with Crippen LogP contribution < -0.4 is 4.74 Å². The van der Waals surface area contributed by atoms with Gasteiger partial charge in [-0.3, -0.25) is 9.68 Å². The largest absolute Gasteiger partial charge is 0.488 e. The standard InChI is InChI=1S/C33H34INO7/c1-5-16-39-33(38)30-25(19(3)29-27(31(36)35(29)30)20(4)32(37)42-41-17-6-2)18-40-26-13-9-12-24-22(14-15-34)21-10-7-8-11-23(21)28(24)26/h5-13,19-20,22,27,29H,1-2,14-18H2,3-4H3/t19-,20?,22?,27?,29?/m0/s1. The van der Waals surface area contributed by atoms with Crippen LogP contribution in [0.3, 0.4) is 0 Å². The Morgan fingerprint density at radius 3 is 2.55 bits per heavy atom. The monoisotopic (exact) mass is 683 g/mol. The van der Waals surface area contributed by atoms with Crippen molar-refractivity contribution in [1.82, 2.24) is 4.90 Å². The third-order valence-electron chi connectivity index (χ3n) is 8.38. The van der Waals surface area contributed by atoms with Crippen LogP contribution >= 0.6 is 22.6 Å². The van der Waals surface area contributed by atoms with Crippen molar-refractivity contribution in [3.8, 4) is 16.9 Å². The minimum Gasteiger partial charge on any atom is -0.488 e. The van der Waals surface area contributed by atoms with Gasteiger partial charge in [-0.2, -0.15) is 4.89 Å². The van der Waals surface area contributed by atoms with E-state index in [4.69, 9.17) is 19.2 Å². The van der Waals surface area contributed by atoms with Crippen LogP contribution in [0.1, 0.15) is 37.3 Å². The summed E-state index contributed by atoms with van der Waals surface area (Å²) in [5, 5.41) is 0. The third kappa shape index (κ3) is 5.17. The van der Waals surface area contributed by atoms with E-state index in [0.29, 0.717) is 11.5 Å². The highest BCUT2D eigenvalue weighted by molar-refractivity contribution is 14.1. The first-order valence-corrected chi connectivity index (χ1v) is 15.6. The first kappa shape index (κ1) is 30.0. The molecule has 0 aromatic heterocycles. The average Bonchev–Trinajstić information content (AvgIpc) is 3.44. The lowest BCUT2D eigenvalue weighted by Gasteiger charge is -2.47. The topological polar surface area (TPSA) is 91.4 Å². The van der Waals surface area contributed by atoms with Gasteiger partial charge in [-0.25, -0.2) is 9.59 Å². The van der Waals surface area contributed by atoms with Gasteiger partial charge in [0.05, 0.1) is 17.9 Å². The Balaban J connectivity index is 1.43. The average molecular weight is 684 g/mol. The zero-order valence-electron chi connectivity index (χ0n) is 23.7. The van der Waals surface area contributed by atoms with Crippen molar-refractivity contribution >= 4 is 40.4 Å². The van der Waals surface area contributed by atoms with Crippen molar-refractivity contribution in [1.29, 1.82) is 0 Å². The summed E-state index contributed by atoms with van der Waals surface area (Å²) < 4.78 is 12.9. The van der Waals surface area contributed by atoms with E-state index >= 15 is 0 Å². The highest BCUT2D eigenvalue weighted by Crippen LogP contribution is 2.52. The number of hydrogen-bond acceptors (Lipinski definition) is 7. The van der Waals surface area contributed by atoms with E-state index < -0.39 is 29.8 Å². The summed E-state index contributed by atoms with van der Waals surface area (Å²) in [4.78, 5) is 50.5. The lowest BCUT2D eigenvalue weighted by atomic mass is 9.74. The number of rotatable bonds is 13. The normalized spacial score (nSPS) is 22.5. The van der Waals surface area contributed by atoms with E-state index in [1.807, 2.05) is 25.1 Å². The van der Waals surface area contributed by atoms with Crippen LogP contribution in [0.25, 0.3) is 11.1 Å². The van der Waals surface area contributed by atoms with Crippen molar-refractivity contribution < 1.29 is 33.6 Å². The quantitative estimate of drug-likeness (QED) is 0.0388. The molecular weight excluding hydrogens is 649 g/mol. The smallest absolute Gasteiger partial charge is 0.355 e. The highest BCUT2D eigenvalue weighted by atomic mass is 127. The van der Waals surface area contributed by atoms with Gasteiger partial charge in [0.1, 0.15) is 31.3 Å². The molecule has 4 unspecified atom stereocenters. The molecule has 5 atom stereocenters. The Bertz CT molecular complexity index is 1450. The Hall–Kier alpha value is -3.44. The molecule has 8 nitrogen and oxygen atoms in total. The summed E-state index contributed by atoms with van der Waals surface area (Å²) >= 11 is 2.42. The van der Waals surface area contributed by atoms with Gasteiger partial charge in [0.25, 0.3) is 0 Å². The van der Waals surface area contributed by atoms with E-state index in [1.165, 1.54) is 28.2 Å². The van der Waals surface area contributed by atoms with Gasteiger partial charge in [-0.05, 0) is 29.2 Å². The molecule has 0 saturated carbocycles. The molecular formula is C33H34INO7. The summed E-state index contributed by atoms with van der Waals surface area (Å²) in [6, 6.07) is 14.1. The van der Waals surface area contributed by atoms with Crippen LogP contribution in [0.15, 0.2) is 79.0 Å². The molecule has 0 bridgehead atoms. The van der Waals surface area contributed by atoms with E-state index in [0.717, 1.165) is 27.7 Å². The molecule has 5 rings (SSSR count). The fourth-order valence-electron chi connectivity index (χ4n) is 6.43. The third-order valence-corrected chi connectivity index (χ3v) is 9.00. The van der Waals surface area contributed by atoms with Crippen LogP contribution in [0, 0.1) is 17.8 Å². The molecule has 9 heteroatoms. The number of carbonyl (C=O) groups is 3. The summed E-state index contributed by atoms with van der Waals surface area (Å²) in [5.41, 5.74) is 5.57. The van der Waals surface area contributed by atoms with Gasteiger partial charge in [-0.15, -0.1) is 6.58 Å². The van der Waals surface area contributed by atoms with Crippen molar-refractivity contribution in [2.45, 2.75) is 32.2 Å². The molecule has 0 spiro atoms. The van der Waals surface area contributed by atoms with Crippen molar-refractivity contribution in [2.24, 2.45) is 17.8 Å². The molecule has 2 aromatic rings. The van der Waals surface area contributed by atoms with Crippen LogP contribution in [0.4, 0.5) is 0 Å². The number of fused-ring (bicyclic) bond motifs is 4. The number of nitrogens with zero attached hydrogens (tertiary/aromatic N) is 1. The van der Waals surface area contributed by atoms with Crippen molar-refractivity contribution in [2.75, 3.05) is 24.2 Å². The summed E-state index contributed by atoms with van der Waals surface area (Å²) in [6.45, 7) is 10.8. The maximum Gasteiger partial charge on any atom is 0.355 e. The summed E-state index contributed by atoms with van der Waals surface area (Å²) in [6.07, 6.45) is 3.95. The Morgan fingerprint density at radius 1 is 1.07 bits per heavy atom. The summed E-state index contributed by atoms with van der Waals surface area (Å²) in [7, 11) is 0. The van der Waals surface area contributed by atoms with Crippen LogP contribution in [-0.2, 0) is 28.9 Å². The Kier molecular flexibility index (Phi) is 9.17. The molecule has 220 valence electrons. The molecule has 1 saturated heterocycles. The minimum atomic E-state index is -0.777. The van der Waals surface area contributed by atoms with Gasteiger partial charge in [-0.1, -0.05) is 91.6 Å². The zero-order chi connectivity index (χ0) is 30.0. The van der Waals surface area contributed by atoms with E-state index in [1.54, 1.807) is 6.92 Å². The summed E-state index contributed by atoms with van der Waals surface area (Å²) in [5.74, 6) is -2.31. The zero-order valence-corrected chi connectivity index (χ0v) is 25.9. The van der Waals surface area contributed by atoms with Gasteiger partial charge in [0.15, 0.2) is 0 Å². The molecule has 1 amide bonds. The fourth-order valence-corrected chi connectivity index (χ4v) is 7.05. The Morgan fingerprint density at radius 2 is 1.81 bits per heavy atom. The minimum absolute atomic E-state index is 0.00548. The molecule has 2 heterocycles. The molecule has 2 aliphatic heterocycles. The van der Waals surface area contributed by atoms with E-state index in [-0.39, 0.29) is 37.3 Å². The van der Waals surface area contributed by atoms with Gasteiger partial charge in [0, 0.05) is 27.4 Å². The molecule has 3 aliphatic rings. The number of carbonyl (C=O) groups excluding carboxylic acids is 3. The lowest BCUT2D eigenvalue weighted by molar-refractivity contribution is -0.271. The number of hydrogen-bond donors (Lipinski definition) is 0. The van der Waals surface area contributed by atoms with Crippen molar-refractivity contribution in [3.05, 3.63) is 90.2 Å². The predicted octanol–water partition coefficient (Wildman–Crippen LogP) is 5.76. The second-order valence-corrected chi connectivity index (χ2v) is 11.7. The van der Waals surface area contributed by atoms with Crippen LogP contribution in [0.2, 0.25) is 0 Å². The second kappa shape index (κ2) is 12.8. The highest BCUT2D eigenvalue weighted by Gasteiger charge is 2.61. The molecule has 0 radical (unpaired) electrons. The lowest BCUT2D eigenvalue weighted by Crippen LogP contribution is -2.63. The number of halogens is 1. The maximum absolute atomic E-state index is 13.4. The second-order valence-electron chi connectivity index (χ2n) is 10.7. The number of benzene rings is 2. The first-order valence-electron chi connectivity index (χ1n) is 14.0.